The van der Waals surface area contributed by atoms with E-state index >= 15 is 0 Å². The third kappa shape index (κ3) is 4.20. The van der Waals surface area contributed by atoms with E-state index in [0.29, 0.717) is 23.9 Å². The molecule has 0 spiro atoms. The number of aromatic nitrogens is 3. The SMILES string of the molecule is Cc1cc(C(=O)CSc2nc(N)cc(=O)[nH]2)c(C)n1C[C@H]1COc2ccccc2O1. The van der Waals surface area contributed by atoms with Gasteiger partial charge in [0.1, 0.15) is 12.4 Å². The van der Waals surface area contributed by atoms with Crippen LogP contribution in [0.5, 0.6) is 11.5 Å². The van der Waals surface area contributed by atoms with Crippen LogP contribution in [0.4, 0.5) is 5.82 Å². The number of anilines is 1. The second-order valence-corrected chi connectivity index (χ2v) is 8.04. The van der Waals surface area contributed by atoms with Gasteiger partial charge in [-0.05, 0) is 32.0 Å². The van der Waals surface area contributed by atoms with E-state index in [-0.39, 0.29) is 29.0 Å². The van der Waals surface area contributed by atoms with Crippen molar-refractivity contribution in [3.63, 3.8) is 0 Å². The van der Waals surface area contributed by atoms with Gasteiger partial charge in [-0.1, -0.05) is 23.9 Å². The number of nitrogens with one attached hydrogen (secondary N) is 1. The summed E-state index contributed by atoms with van der Waals surface area (Å²) in [5.41, 5.74) is 7.73. The Balaban J connectivity index is 1.45. The summed E-state index contributed by atoms with van der Waals surface area (Å²) < 4.78 is 13.9. The van der Waals surface area contributed by atoms with Crippen molar-refractivity contribution < 1.29 is 14.3 Å². The molecule has 0 radical (unpaired) electrons. The molecule has 3 aromatic rings. The number of para-hydroxylation sites is 2. The first-order chi connectivity index (χ1) is 14.4. The number of hydrogen-bond acceptors (Lipinski definition) is 7. The highest BCUT2D eigenvalue weighted by atomic mass is 32.2. The lowest BCUT2D eigenvalue weighted by Crippen LogP contribution is -2.33. The maximum atomic E-state index is 12.8. The average molecular weight is 426 g/mol. The minimum Gasteiger partial charge on any atom is -0.486 e. The van der Waals surface area contributed by atoms with E-state index in [1.165, 1.54) is 6.07 Å². The molecule has 0 bridgehead atoms. The fourth-order valence-electron chi connectivity index (χ4n) is 3.45. The van der Waals surface area contributed by atoms with Gasteiger partial charge < -0.3 is 24.8 Å². The number of carbonyl (C=O) groups excluding carboxylic acids is 1. The van der Waals surface area contributed by atoms with Crippen LogP contribution in [-0.2, 0) is 6.54 Å². The molecule has 156 valence electrons. The van der Waals surface area contributed by atoms with Crippen molar-refractivity contribution in [2.24, 2.45) is 0 Å². The number of ether oxygens (including phenoxy) is 2. The van der Waals surface area contributed by atoms with Crippen LogP contribution >= 0.6 is 11.8 Å². The highest BCUT2D eigenvalue weighted by Gasteiger charge is 2.24. The number of H-pyrrole nitrogens is 1. The standard InChI is InChI=1S/C21H22N4O4S/c1-12-7-15(16(26)11-30-21-23-19(22)8-20(27)24-21)13(2)25(12)9-14-10-28-17-5-3-4-6-18(17)29-14/h3-8,14H,9-11H2,1-2H3,(H3,22,23,24,27)/t14-/m0/s1. The molecule has 4 rings (SSSR count). The van der Waals surface area contributed by atoms with Gasteiger partial charge in [0.05, 0.1) is 12.3 Å². The van der Waals surface area contributed by atoms with Gasteiger partial charge in [0.15, 0.2) is 28.5 Å². The number of nitrogens with zero attached hydrogens (tertiary/aromatic N) is 2. The molecule has 0 fully saturated rings. The molecule has 2 aromatic heterocycles. The summed E-state index contributed by atoms with van der Waals surface area (Å²) in [4.78, 5) is 30.9. The molecule has 0 amide bonds. The van der Waals surface area contributed by atoms with E-state index in [9.17, 15) is 9.59 Å². The summed E-state index contributed by atoms with van der Waals surface area (Å²) in [6, 6.07) is 10.7. The third-order valence-corrected chi connectivity index (χ3v) is 5.78. The Morgan fingerprint density at radius 2 is 2.07 bits per heavy atom. The number of aromatic amines is 1. The van der Waals surface area contributed by atoms with Crippen molar-refractivity contribution >= 4 is 23.4 Å². The second kappa shape index (κ2) is 8.27. The summed E-state index contributed by atoms with van der Waals surface area (Å²) in [5.74, 6) is 1.70. The van der Waals surface area contributed by atoms with Gasteiger partial charge >= 0.3 is 0 Å². The van der Waals surface area contributed by atoms with E-state index in [2.05, 4.69) is 14.5 Å². The number of rotatable bonds is 6. The lowest BCUT2D eigenvalue weighted by molar-refractivity contribution is 0.0777. The highest BCUT2D eigenvalue weighted by molar-refractivity contribution is 7.99. The van der Waals surface area contributed by atoms with Gasteiger partial charge in [-0.2, -0.15) is 0 Å². The van der Waals surface area contributed by atoms with Crippen LogP contribution in [0.2, 0.25) is 0 Å². The molecule has 9 heteroatoms. The van der Waals surface area contributed by atoms with Crippen LogP contribution in [0.15, 0.2) is 46.3 Å². The number of nitrogens with two attached hydrogens (primary N) is 1. The third-order valence-electron chi connectivity index (χ3n) is 4.91. The first-order valence-corrected chi connectivity index (χ1v) is 10.5. The van der Waals surface area contributed by atoms with Crippen LogP contribution in [0, 0.1) is 13.8 Å². The number of carbonyl (C=O) groups is 1. The normalized spacial score (nSPS) is 15.2. The topological polar surface area (TPSA) is 112 Å². The van der Waals surface area contributed by atoms with Gasteiger partial charge in [-0.25, -0.2) is 4.98 Å². The van der Waals surface area contributed by atoms with Crippen LogP contribution in [0.1, 0.15) is 21.7 Å². The molecule has 3 heterocycles. The average Bonchev–Trinajstić information content (AvgIpc) is 2.99. The van der Waals surface area contributed by atoms with Crippen molar-refractivity contribution in [3.05, 3.63) is 63.7 Å². The molecule has 0 saturated heterocycles. The number of fused-ring (bicyclic) bond motifs is 1. The maximum Gasteiger partial charge on any atom is 0.253 e. The van der Waals surface area contributed by atoms with Crippen LogP contribution in [0.3, 0.4) is 0 Å². The summed E-state index contributed by atoms with van der Waals surface area (Å²) >= 11 is 1.15. The van der Waals surface area contributed by atoms with Gasteiger partial charge in [0.2, 0.25) is 0 Å². The number of ketones is 1. The smallest absolute Gasteiger partial charge is 0.253 e. The highest BCUT2D eigenvalue weighted by Crippen LogP contribution is 2.31. The predicted molar refractivity (Wildman–Crippen MR) is 115 cm³/mol. The molecule has 1 aliphatic rings. The quantitative estimate of drug-likeness (QED) is 0.354. The molecule has 1 atom stereocenters. The van der Waals surface area contributed by atoms with Crippen LogP contribution in [-0.4, -0.2) is 38.8 Å². The first-order valence-electron chi connectivity index (χ1n) is 9.49. The Morgan fingerprint density at radius 3 is 2.83 bits per heavy atom. The number of benzene rings is 1. The molecule has 8 nitrogen and oxygen atoms in total. The Labute approximate surface area is 177 Å². The molecule has 0 saturated carbocycles. The zero-order chi connectivity index (χ0) is 21.3. The predicted octanol–water partition coefficient (Wildman–Crippen LogP) is 2.59. The summed E-state index contributed by atoms with van der Waals surface area (Å²) in [6.07, 6.45) is -0.149. The minimum absolute atomic E-state index is 0.0458. The molecule has 0 aliphatic carbocycles. The van der Waals surface area contributed by atoms with Gasteiger partial charge in [0.25, 0.3) is 5.56 Å². The minimum atomic E-state index is -0.341. The fraction of sp³-hybridized carbons (Fsp3) is 0.286. The van der Waals surface area contributed by atoms with Crippen molar-refractivity contribution in [1.29, 1.82) is 0 Å². The Bertz CT molecular complexity index is 1150. The number of Topliss-reactive ketones (excluding diaryl/α,β-unsaturated/α-hetero) is 1. The lowest BCUT2D eigenvalue weighted by atomic mass is 10.2. The molecule has 0 unspecified atom stereocenters. The molecule has 30 heavy (non-hydrogen) atoms. The molecular weight excluding hydrogens is 404 g/mol. The van der Waals surface area contributed by atoms with Gasteiger partial charge in [-0.15, -0.1) is 0 Å². The summed E-state index contributed by atoms with van der Waals surface area (Å²) in [5, 5.41) is 0.327. The van der Waals surface area contributed by atoms with Gasteiger partial charge in [-0.3, -0.25) is 9.59 Å². The number of hydrogen-bond donors (Lipinski definition) is 2. The van der Waals surface area contributed by atoms with Gasteiger partial charge in [0, 0.05) is 23.0 Å². The van der Waals surface area contributed by atoms with E-state index < -0.39 is 0 Å². The van der Waals surface area contributed by atoms with Crippen molar-refractivity contribution in [2.45, 2.75) is 31.7 Å². The fourth-order valence-corrected chi connectivity index (χ4v) is 4.22. The van der Waals surface area contributed by atoms with Crippen LogP contribution < -0.4 is 20.8 Å². The number of thioether (sulfide) groups is 1. The zero-order valence-corrected chi connectivity index (χ0v) is 17.5. The first kappa shape index (κ1) is 20.1. The summed E-state index contributed by atoms with van der Waals surface area (Å²) in [6.45, 7) is 4.91. The van der Waals surface area contributed by atoms with Crippen LogP contribution in [0.25, 0.3) is 0 Å². The van der Waals surface area contributed by atoms with E-state index in [0.717, 1.165) is 34.6 Å². The molecule has 1 aromatic carbocycles. The second-order valence-electron chi connectivity index (χ2n) is 7.08. The van der Waals surface area contributed by atoms with Crippen molar-refractivity contribution in [1.82, 2.24) is 14.5 Å². The lowest BCUT2D eigenvalue weighted by Gasteiger charge is -2.27. The molecule has 3 N–H and O–H groups in total. The summed E-state index contributed by atoms with van der Waals surface area (Å²) in [7, 11) is 0. The monoisotopic (exact) mass is 426 g/mol. The Kier molecular flexibility index (Phi) is 5.54. The van der Waals surface area contributed by atoms with E-state index in [1.807, 2.05) is 44.2 Å². The Morgan fingerprint density at radius 1 is 1.30 bits per heavy atom. The maximum absolute atomic E-state index is 12.8. The number of aryl methyl sites for hydroxylation is 1. The molecular formula is C21H22N4O4S. The van der Waals surface area contributed by atoms with Crippen molar-refractivity contribution in [2.75, 3.05) is 18.1 Å². The Hall–Kier alpha value is -3.20. The zero-order valence-electron chi connectivity index (χ0n) is 16.7. The molecule has 1 aliphatic heterocycles. The largest absolute Gasteiger partial charge is 0.486 e. The van der Waals surface area contributed by atoms with E-state index in [4.69, 9.17) is 15.2 Å². The van der Waals surface area contributed by atoms with Crippen molar-refractivity contribution in [3.8, 4) is 11.5 Å². The van der Waals surface area contributed by atoms with E-state index in [1.54, 1.807) is 0 Å². The number of nitrogen functional groups attached to an aromatic ring is 1.